The molecule has 0 fully saturated rings. The summed E-state index contributed by atoms with van der Waals surface area (Å²) in [6, 6.07) is 14.7. The van der Waals surface area contributed by atoms with E-state index in [2.05, 4.69) is 54.9 Å². The van der Waals surface area contributed by atoms with E-state index in [9.17, 15) is 0 Å². The monoisotopic (exact) mass is 336 g/mol. The van der Waals surface area contributed by atoms with Crippen molar-refractivity contribution in [1.82, 2.24) is 4.57 Å². The van der Waals surface area contributed by atoms with E-state index in [-0.39, 0.29) is 0 Å². The number of hydrogen-bond acceptors (Lipinski definition) is 2. The minimum absolute atomic E-state index is 0.680. The molecular weight excluding hydrogens is 312 g/mol. The topological polar surface area (TPSA) is 66.1 Å². The molecule has 4 heteroatoms. The van der Waals surface area contributed by atoms with E-state index in [1.165, 1.54) is 27.6 Å². The Bertz CT molecular complexity index is 919. The molecule has 3 rings (SSSR count). The fourth-order valence-electron chi connectivity index (χ4n) is 2.84. The molecule has 0 spiro atoms. The first-order valence-electron chi connectivity index (χ1n) is 8.17. The normalized spacial score (nSPS) is 10.2. The third kappa shape index (κ3) is 4.57. The number of nitrogens with one attached hydrogen (secondary N) is 1. The number of carboxylic acids is 1. The highest BCUT2D eigenvalue weighted by molar-refractivity contribution is 6.10. The number of aryl methyl sites for hydroxylation is 3. The average Bonchev–Trinajstić information content (AvgIpc) is 2.85. The molecule has 2 N–H and O–H groups in total. The Morgan fingerprint density at radius 3 is 2.44 bits per heavy atom. The first-order valence-corrected chi connectivity index (χ1v) is 8.17. The number of aliphatic carboxylic acids is 1. The van der Waals surface area contributed by atoms with Crippen LogP contribution in [0.4, 0.5) is 0 Å². The SMILES string of the molecule is CC(=O)O.Cc1ccc2c(c1)c(C(=N)Cc1ccccc1C)cn2C. The van der Waals surface area contributed by atoms with Crippen molar-refractivity contribution in [3.63, 3.8) is 0 Å². The average molecular weight is 336 g/mol. The summed E-state index contributed by atoms with van der Waals surface area (Å²) < 4.78 is 2.11. The molecule has 0 saturated heterocycles. The molecule has 3 aromatic rings. The molecule has 130 valence electrons. The van der Waals surface area contributed by atoms with Gasteiger partial charge in [0.2, 0.25) is 0 Å². The second-order valence-electron chi connectivity index (χ2n) is 6.28. The van der Waals surface area contributed by atoms with Gasteiger partial charge in [0, 0.05) is 48.8 Å². The Balaban J connectivity index is 0.000000511. The van der Waals surface area contributed by atoms with Crippen molar-refractivity contribution in [2.45, 2.75) is 27.2 Å². The Morgan fingerprint density at radius 1 is 1.16 bits per heavy atom. The van der Waals surface area contributed by atoms with E-state index in [0.29, 0.717) is 12.1 Å². The van der Waals surface area contributed by atoms with Crippen molar-refractivity contribution in [3.8, 4) is 0 Å². The number of rotatable bonds is 3. The lowest BCUT2D eigenvalue weighted by Gasteiger charge is -2.06. The van der Waals surface area contributed by atoms with Crippen LogP contribution in [0, 0.1) is 19.3 Å². The van der Waals surface area contributed by atoms with Gasteiger partial charge in [-0.2, -0.15) is 0 Å². The van der Waals surface area contributed by atoms with Crippen LogP contribution in [0.15, 0.2) is 48.7 Å². The molecule has 4 nitrogen and oxygen atoms in total. The second-order valence-corrected chi connectivity index (χ2v) is 6.28. The summed E-state index contributed by atoms with van der Waals surface area (Å²) in [5.41, 5.74) is 6.62. The van der Waals surface area contributed by atoms with Gasteiger partial charge in [0.05, 0.1) is 0 Å². The lowest BCUT2D eigenvalue weighted by Crippen LogP contribution is -2.04. The van der Waals surface area contributed by atoms with Gasteiger partial charge in [-0.1, -0.05) is 35.9 Å². The van der Waals surface area contributed by atoms with Crippen LogP contribution >= 0.6 is 0 Å². The number of nitrogens with zero attached hydrogens (tertiary/aromatic N) is 1. The number of carbonyl (C=O) groups is 1. The molecule has 1 aromatic heterocycles. The lowest BCUT2D eigenvalue weighted by atomic mass is 9.98. The van der Waals surface area contributed by atoms with Crippen molar-refractivity contribution < 1.29 is 9.90 Å². The molecule has 0 atom stereocenters. The van der Waals surface area contributed by atoms with Crippen LogP contribution in [0.3, 0.4) is 0 Å². The summed E-state index contributed by atoms with van der Waals surface area (Å²) >= 11 is 0. The van der Waals surface area contributed by atoms with Gasteiger partial charge < -0.3 is 15.1 Å². The van der Waals surface area contributed by atoms with E-state index >= 15 is 0 Å². The van der Waals surface area contributed by atoms with Gasteiger partial charge in [-0.05, 0) is 37.1 Å². The van der Waals surface area contributed by atoms with Gasteiger partial charge in [0.25, 0.3) is 5.97 Å². The standard InChI is InChI=1S/C19H20N2.C2H4O2/c1-13-8-9-19-16(10-13)17(12-21(19)3)18(20)11-15-7-5-4-6-14(15)2;1-2(3)4/h4-10,12,20H,11H2,1-3H3;1H3,(H,3,4). The molecule has 1 heterocycles. The van der Waals surface area contributed by atoms with E-state index in [0.717, 1.165) is 12.5 Å². The fourth-order valence-corrected chi connectivity index (χ4v) is 2.84. The van der Waals surface area contributed by atoms with E-state index in [1.807, 2.05) is 19.2 Å². The Morgan fingerprint density at radius 2 is 1.80 bits per heavy atom. The third-order valence-corrected chi connectivity index (χ3v) is 4.10. The number of benzene rings is 2. The van der Waals surface area contributed by atoms with Crippen LogP contribution < -0.4 is 0 Å². The van der Waals surface area contributed by atoms with Crippen molar-refractivity contribution in [2.75, 3.05) is 0 Å². The maximum atomic E-state index is 9.00. The molecule has 0 aliphatic heterocycles. The van der Waals surface area contributed by atoms with E-state index in [4.69, 9.17) is 15.3 Å². The molecule has 0 aliphatic rings. The van der Waals surface area contributed by atoms with Gasteiger partial charge in [0.1, 0.15) is 0 Å². The molecule has 0 bridgehead atoms. The van der Waals surface area contributed by atoms with Crippen molar-refractivity contribution in [3.05, 3.63) is 70.9 Å². The van der Waals surface area contributed by atoms with Crippen LogP contribution in [0.1, 0.15) is 29.2 Å². The van der Waals surface area contributed by atoms with E-state index in [1.54, 1.807) is 0 Å². The van der Waals surface area contributed by atoms with Crippen LogP contribution in [-0.4, -0.2) is 21.4 Å². The van der Waals surface area contributed by atoms with Crippen molar-refractivity contribution >= 4 is 22.6 Å². The zero-order chi connectivity index (χ0) is 18.6. The smallest absolute Gasteiger partial charge is 0.300 e. The summed E-state index contributed by atoms with van der Waals surface area (Å²) in [4.78, 5) is 9.00. The summed E-state index contributed by atoms with van der Waals surface area (Å²) in [5.74, 6) is -0.833. The minimum Gasteiger partial charge on any atom is -0.481 e. The van der Waals surface area contributed by atoms with Crippen molar-refractivity contribution in [1.29, 1.82) is 5.41 Å². The molecule has 25 heavy (non-hydrogen) atoms. The van der Waals surface area contributed by atoms with Gasteiger partial charge in [-0.25, -0.2) is 0 Å². The Hall–Kier alpha value is -2.88. The van der Waals surface area contributed by atoms with Crippen LogP contribution in [0.2, 0.25) is 0 Å². The van der Waals surface area contributed by atoms with Gasteiger partial charge >= 0.3 is 0 Å². The minimum atomic E-state index is -0.833. The largest absolute Gasteiger partial charge is 0.481 e. The maximum absolute atomic E-state index is 9.00. The molecule has 0 aliphatic carbocycles. The Kier molecular flexibility index (Phi) is 5.75. The summed E-state index contributed by atoms with van der Waals surface area (Å²) in [7, 11) is 2.04. The number of carboxylic acid groups (broad SMARTS) is 1. The van der Waals surface area contributed by atoms with Crippen molar-refractivity contribution in [2.24, 2.45) is 7.05 Å². The molecule has 0 unspecified atom stereocenters. The zero-order valence-corrected chi connectivity index (χ0v) is 15.1. The quantitative estimate of drug-likeness (QED) is 0.692. The predicted octanol–water partition coefficient (Wildman–Crippen LogP) is 4.50. The van der Waals surface area contributed by atoms with Crippen LogP contribution in [0.25, 0.3) is 10.9 Å². The highest BCUT2D eigenvalue weighted by atomic mass is 16.4. The first kappa shape index (κ1) is 18.5. The zero-order valence-electron chi connectivity index (χ0n) is 15.1. The van der Waals surface area contributed by atoms with Crippen LogP contribution in [0.5, 0.6) is 0 Å². The van der Waals surface area contributed by atoms with E-state index < -0.39 is 5.97 Å². The molecule has 2 aromatic carbocycles. The number of fused-ring (bicyclic) bond motifs is 1. The van der Waals surface area contributed by atoms with Gasteiger partial charge in [-0.15, -0.1) is 0 Å². The second kappa shape index (κ2) is 7.79. The molecule has 0 saturated carbocycles. The van der Waals surface area contributed by atoms with Crippen LogP contribution in [-0.2, 0) is 18.3 Å². The summed E-state index contributed by atoms with van der Waals surface area (Å²) in [6.07, 6.45) is 2.75. The number of hydrogen-bond donors (Lipinski definition) is 2. The van der Waals surface area contributed by atoms with Gasteiger partial charge in [0.15, 0.2) is 0 Å². The lowest BCUT2D eigenvalue weighted by molar-refractivity contribution is -0.134. The first-order chi connectivity index (χ1) is 11.8. The maximum Gasteiger partial charge on any atom is 0.300 e. The molecule has 0 amide bonds. The molecule has 0 radical (unpaired) electrons. The molecular formula is C21H24N2O2. The van der Waals surface area contributed by atoms with Gasteiger partial charge in [-0.3, -0.25) is 4.79 Å². The third-order valence-electron chi connectivity index (χ3n) is 4.10. The predicted molar refractivity (Wildman–Crippen MR) is 103 cm³/mol. The summed E-state index contributed by atoms with van der Waals surface area (Å²) in [5, 5.41) is 17.1. The Labute approximate surface area is 148 Å². The summed E-state index contributed by atoms with van der Waals surface area (Å²) in [6.45, 7) is 5.29. The fraction of sp³-hybridized carbons (Fsp3) is 0.238. The highest BCUT2D eigenvalue weighted by Crippen LogP contribution is 2.23. The number of aromatic nitrogens is 1. The highest BCUT2D eigenvalue weighted by Gasteiger charge is 2.12.